The van der Waals surface area contributed by atoms with Crippen LogP contribution in [0.5, 0.6) is 0 Å². The summed E-state index contributed by atoms with van der Waals surface area (Å²) in [6.45, 7) is 9.29. The van der Waals surface area contributed by atoms with E-state index in [1.54, 1.807) is 0 Å². The first kappa shape index (κ1) is 12.0. The Hall–Kier alpha value is -0.0400. The van der Waals surface area contributed by atoms with Gasteiger partial charge in [-0.15, -0.1) is 0 Å². The first-order valence-corrected chi connectivity index (χ1v) is 6.44. The lowest BCUT2D eigenvalue weighted by molar-refractivity contribution is 0.0913. The maximum absolute atomic E-state index is 2.67. The molecule has 0 aromatic rings. The fourth-order valence-electron chi connectivity index (χ4n) is 2.15. The molecule has 14 heavy (non-hydrogen) atoms. The average molecular weight is 197 g/mol. The predicted molar refractivity (Wildman–Crippen MR) is 63.6 cm³/mol. The molecule has 1 heterocycles. The predicted octanol–water partition coefficient (Wildman–Crippen LogP) is 3.69. The Morgan fingerprint density at radius 3 is 1.71 bits per heavy atom. The highest BCUT2D eigenvalue weighted by Crippen LogP contribution is 2.25. The maximum Gasteiger partial charge on any atom is 0.00952 e. The van der Waals surface area contributed by atoms with E-state index in [4.69, 9.17) is 0 Å². The highest BCUT2D eigenvalue weighted by molar-refractivity contribution is 4.80. The Labute approximate surface area is 89.9 Å². The molecule has 0 atom stereocenters. The lowest BCUT2D eigenvalue weighted by Gasteiger charge is -2.40. The van der Waals surface area contributed by atoms with Gasteiger partial charge in [0, 0.05) is 6.04 Å². The Morgan fingerprint density at radius 1 is 0.857 bits per heavy atom. The van der Waals surface area contributed by atoms with Crippen molar-refractivity contribution < 1.29 is 0 Å². The Balaban J connectivity index is 0.000000213. The third kappa shape index (κ3) is 4.45. The zero-order chi connectivity index (χ0) is 10.4. The van der Waals surface area contributed by atoms with Gasteiger partial charge in [-0.1, -0.05) is 40.0 Å². The summed E-state index contributed by atoms with van der Waals surface area (Å²) >= 11 is 0. The molecule has 1 saturated carbocycles. The standard InChI is InChI=1S/C9H17N.C4H10/c1-2-5-9(6-3-1)10-7-4-8-10;1-4(2)3/h9H,1-8H2;4H,1-3H3. The van der Waals surface area contributed by atoms with Gasteiger partial charge in [0.25, 0.3) is 0 Å². The molecule has 1 aliphatic carbocycles. The van der Waals surface area contributed by atoms with Crippen molar-refractivity contribution in [2.45, 2.75) is 65.3 Å². The quantitative estimate of drug-likeness (QED) is 0.620. The van der Waals surface area contributed by atoms with Gasteiger partial charge in [0.1, 0.15) is 0 Å². The van der Waals surface area contributed by atoms with E-state index >= 15 is 0 Å². The fraction of sp³-hybridized carbons (Fsp3) is 1.00. The monoisotopic (exact) mass is 197 g/mol. The normalized spacial score (nSPS) is 24.0. The van der Waals surface area contributed by atoms with Crippen molar-refractivity contribution >= 4 is 0 Å². The molecule has 0 amide bonds. The minimum atomic E-state index is 0.833. The van der Waals surface area contributed by atoms with Crippen molar-refractivity contribution in [1.82, 2.24) is 4.90 Å². The maximum atomic E-state index is 2.67. The summed E-state index contributed by atoms with van der Waals surface area (Å²) in [6.07, 6.45) is 8.89. The van der Waals surface area contributed by atoms with Crippen LogP contribution in [0, 0.1) is 5.92 Å². The summed E-state index contributed by atoms with van der Waals surface area (Å²) in [7, 11) is 0. The van der Waals surface area contributed by atoms with Crippen LogP contribution in [0.15, 0.2) is 0 Å². The van der Waals surface area contributed by atoms with Crippen molar-refractivity contribution in [2.24, 2.45) is 5.92 Å². The minimum absolute atomic E-state index is 0.833. The summed E-state index contributed by atoms with van der Waals surface area (Å²) in [5.74, 6) is 0.833. The van der Waals surface area contributed by atoms with E-state index in [1.165, 1.54) is 51.6 Å². The molecule has 0 radical (unpaired) electrons. The zero-order valence-corrected chi connectivity index (χ0v) is 10.3. The smallest absolute Gasteiger partial charge is 0.00952 e. The molecule has 0 aromatic carbocycles. The van der Waals surface area contributed by atoms with Crippen LogP contribution in [0.1, 0.15) is 59.3 Å². The van der Waals surface area contributed by atoms with Crippen LogP contribution < -0.4 is 0 Å². The van der Waals surface area contributed by atoms with E-state index in [0.29, 0.717) is 0 Å². The third-order valence-corrected chi connectivity index (χ3v) is 2.98. The Kier molecular flexibility index (Phi) is 5.54. The van der Waals surface area contributed by atoms with Crippen molar-refractivity contribution in [3.8, 4) is 0 Å². The number of hydrogen-bond acceptors (Lipinski definition) is 1. The van der Waals surface area contributed by atoms with Crippen LogP contribution in [0.25, 0.3) is 0 Å². The molecule has 2 fully saturated rings. The van der Waals surface area contributed by atoms with Crippen LogP contribution in [0.4, 0.5) is 0 Å². The van der Waals surface area contributed by atoms with Gasteiger partial charge in [-0.25, -0.2) is 0 Å². The highest BCUT2D eigenvalue weighted by atomic mass is 15.2. The molecule has 0 aromatic heterocycles. The molecule has 2 rings (SSSR count). The molecule has 1 heteroatoms. The number of likely N-dealkylation sites (tertiary alicyclic amines) is 1. The molecule has 0 bridgehead atoms. The molecule has 1 aliphatic heterocycles. The van der Waals surface area contributed by atoms with Gasteiger partial charge in [-0.2, -0.15) is 0 Å². The van der Waals surface area contributed by atoms with Crippen molar-refractivity contribution in [3.05, 3.63) is 0 Å². The number of rotatable bonds is 1. The van der Waals surface area contributed by atoms with Crippen LogP contribution >= 0.6 is 0 Å². The highest BCUT2D eigenvalue weighted by Gasteiger charge is 2.24. The van der Waals surface area contributed by atoms with Crippen molar-refractivity contribution in [1.29, 1.82) is 0 Å². The molecule has 1 nitrogen and oxygen atoms in total. The Morgan fingerprint density at radius 2 is 1.36 bits per heavy atom. The van der Waals surface area contributed by atoms with E-state index < -0.39 is 0 Å². The molecule has 2 aliphatic rings. The topological polar surface area (TPSA) is 3.24 Å². The zero-order valence-electron chi connectivity index (χ0n) is 10.3. The van der Waals surface area contributed by atoms with Crippen LogP contribution in [0.3, 0.4) is 0 Å². The fourth-order valence-corrected chi connectivity index (χ4v) is 2.15. The summed E-state index contributed by atoms with van der Waals surface area (Å²) in [5.41, 5.74) is 0. The minimum Gasteiger partial charge on any atom is -0.300 e. The number of hydrogen-bond donors (Lipinski definition) is 0. The van der Waals surface area contributed by atoms with Gasteiger partial charge in [-0.05, 0) is 38.3 Å². The van der Waals surface area contributed by atoms with Gasteiger partial charge in [-0.3, -0.25) is 0 Å². The summed E-state index contributed by atoms with van der Waals surface area (Å²) < 4.78 is 0. The van der Waals surface area contributed by atoms with Crippen molar-refractivity contribution in [2.75, 3.05) is 13.1 Å². The molecule has 0 spiro atoms. The van der Waals surface area contributed by atoms with E-state index in [-0.39, 0.29) is 0 Å². The first-order chi connectivity index (χ1) is 6.70. The molecule has 1 saturated heterocycles. The van der Waals surface area contributed by atoms with Crippen molar-refractivity contribution in [3.63, 3.8) is 0 Å². The molecule has 0 unspecified atom stereocenters. The molecule has 84 valence electrons. The first-order valence-electron chi connectivity index (χ1n) is 6.44. The van der Waals surface area contributed by atoms with E-state index in [1.807, 2.05) is 0 Å². The van der Waals surface area contributed by atoms with Crippen LogP contribution in [0.2, 0.25) is 0 Å². The SMILES string of the molecule is C1CCC(N2CCC2)CC1.CC(C)C. The van der Waals surface area contributed by atoms with Gasteiger partial charge in [0.15, 0.2) is 0 Å². The van der Waals surface area contributed by atoms with Gasteiger partial charge in [0.05, 0.1) is 0 Å². The second-order valence-corrected chi connectivity index (χ2v) is 5.41. The second-order valence-electron chi connectivity index (χ2n) is 5.41. The molecule has 0 N–H and O–H groups in total. The summed E-state index contributed by atoms with van der Waals surface area (Å²) in [4.78, 5) is 2.67. The van der Waals surface area contributed by atoms with Gasteiger partial charge in [0.2, 0.25) is 0 Å². The Bertz CT molecular complexity index is 129. The van der Waals surface area contributed by atoms with E-state index in [2.05, 4.69) is 25.7 Å². The van der Waals surface area contributed by atoms with Crippen LogP contribution in [-0.2, 0) is 0 Å². The molecular weight excluding hydrogens is 170 g/mol. The summed E-state index contributed by atoms with van der Waals surface area (Å²) in [6, 6.07) is 0.988. The third-order valence-electron chi connectivity index (χ3n) is 2.98. The molecular formula is C13H27N. The summed E-state index contributed by atoms with van der Waals surface area (Å²) in [5, 5.41) is 0. The van der Waals surface area contributed by atoms with Crippen LogP contribution in [-0.4, -0.2) is 24.0 Å². The largest absolute Gasteiger partial charge is 0.300 e. The number of nitrogens with zero attached hydrogens (tertiary/aromatic N) is 1. The average Bonchev–Trinajstić information content (AvgIpc) is 2.01. The van der Waals surface area contributed by atoms with Gasteiger partial charge < -0.3 is 4.90 Å². The van der Waals surface area contributed by atoms with Gasteiger partial charge >= 0.3 is 0 Å². The van der Waals surface area contributed by atoms with E-state index in [9.17, 15) is 0 Å². The lowest BCUT2D eigenvalue weighted by Crippen LogP contribution is -2.45. The lowest BCUT2D eigenvalue weighted by atomic mass is 9.92. The van der Waals surface area contributed by atoms with E-state index in [0.717, 1.165) is 12.0 Å². The second kappa shape index (κ2) is 6.44.